The number of aromatic nitrogens is 1. The molecule has 0 radical (unpaired) electrons. The van der Waals surface area contributed by atoms with Crippen molar-refractivity contribution >= 4 is 29.9 Å². The summed E-state index contributed by atoms with van der Waals surface area (Å²) in [5.74, 6) is 1.43. The van der Waals surface area contributed by atoms with Crippen molar-refractivity contribution in [3.63, 3.8) is 0 Å². The fourth-order valence-electron chi connectivity index (χ4n) is 2.48. The van der Waals surface area contributed by atoms with Gasteiger partial charge in [-0.05, 0) is 38.0 Å². The van der Waals surface area contributed by atoms with Gasteiger partial charge in [-0.1, -0.05) is 17.3 Å². The molecular formula is C17H24FIN4O. The lowest BCUT2D eigenvalue weighted by atomic mass is 10.1. The van der Waals surface area contributed by atoms with Gasteiger partial charge in [0.15, 0.2) is 5.96 Å². The maximum atomic E-state index is 13.0. The fourth-order valence-corrected chi connectivity index (χ4v) is 2.48. The molecule has 2 aromatic rings. The van der Waals surface area contributed by atoms with Crippen LogP contribution in [0.4, 0.5) is 4.39 Å². The Morgan fingerprint density at radius 3 is 2.50 bits per heavy atom. The molecule has 0 saturated carbocycles. The number of guanidine groups is 1. The molecule has 0 aliphatic heterocycles. The van der Waals surface area contributed by atoms with Crippen LogP contribution >= 0.6 is 24.0 Å². The standard InChI is InChI=1S/C17H23FN4O.HI/c1-12-16(13(2)23-21-12)9-10-20-17(19-3)22(4)11-14-5-7-15(18)8-6-14;/h5-8H,9-11H2,1-4H3,(H,19,20);1H. The molecule has 0 aliphatic carbocycles. The first-order valence-electron chi connectivity index (χ1n) is 7.59. The maximum Gasteiger partial charge on any atom is 0.193 e. The molecule has 2 rings (SSSR count). The highest BCUT2D eigenvalue weighted by Gasteiger charge is 2.10. The van der Waals surface area contributed by atoms with E-state index in [1.165, 1.54) is 12.1 Å². The van der Waals surface area contributed by atoms with E-state index in [-0.39, 0.29) is 29.8 Å². The van der Waals surface area contributed by atoms with Crippen LogP contribution in [0.3, 0.4) is 0 Å². The Kier molecular flexibility index (Phi) is 8.17. The van der Waals surface area contributed by atoms with Gasteiger partial charge in [0.05, 0.1) is 5.69 Å². The number of aryl methyl sites for hydroxylation is 2. The highest BCUT2D eigenvalue weighted by molar-refractivity contribution is 14.0. The quantitative estimate of drug-likeness (QED) is 0.435. The summed E-state index contributed by atoms with van der Waals surface area (Å²) in [6.45, 7) is 5.26. The largest absolute Gasteiger partial charge is 0.361 e. The maximum absolute atomic E-state index is 13.0. The molecule has 132 valence electrons. The van der Waals surface area contributed by atoms with Crippen LogP contribution < -0.4 is 5.32 Å². The average molecular weight is 446 g/mol. The van der Waals surface area contributed by atoms with Crippen molar-refractivity contribution in [2.75, 3.05) is 20.6 Å². The smallest absolute Gasteiger partial charge is 0.193 e. The number of rotatable bonds is 5. The fraction of sp³-hybridized carbons (Fsp3) is 0.412. The van der Waals surface area contributed by atoms with Crippen molar-refractivity contribution in [2.45, 2.75) is 26.8 Å². The molecule has 5 nitrogen and oxygen atoms in total. The number of halogens is 2. The van der Waals surface area contributed by atoms with Gasteiger partial charge in [-0.2, -0.15) is 0 Å². The minimum absolute atomic E-state index is 0. The molecule has 24 heavy (non-hydrogen) atoms. The first-order valence-corrected chi connectivity index (χ1v) is 7.59. The number of nitrogens with zero attached hydrogens (tertiary/aromatic N) is 3. The highest BCUT2D eigenvalue weighted by Crippen LogP contribution is 2.12. The summed E-state index contributed by atoms with van der Waals surface area (Å²) in [6.07, 6.45) is 0.824. The zero-order valence-electron chi connectivity index (χ0n) is 14.5. The summed E-state index contributed by atoms with van der Waals surface area (Å²) in [6, 6.07) is 6.50. The van der Waals surface area contributed by atoms with Crippen molar-refractivity contribution in [1.82, 2.24) is 15.4 Å². The highest BCUT2D eigenvalue weighted by atomic mass is 127. The van der Waals surface area contributed by atoms with Gasteiger partial charge in [-0.15, -0.1) is 24.0 Å². The van der Waals surface area contributed by atoms with Gasteiger partial charge in [0.2, 0.25) is 0 Å². The predicted molar refractivity (Wildman–Crippen MR) is 104 cm³/mol. The summed E-state index contributed by atoms with van der Waals surface area (Å²) < 4.78 is 18.1. The minimum atomic E-state index is -0.224. The van der Waals surface area contributed by atoms with E-state index in [9.17, 15) is 4.39 Å². The van der Waals surface area contributed by atoms with Crippen molar-refractivity contribution in [1.29, 1.82) is 0 Å². The molecule has 0 amide bonds. The molecule has 1 N–H and O–H groups in total. The van der Waals surface area contributed by atoms with Crippen molar-refractivity contribution in [2.24, 2.45) is 4.99 Å². The molecule has 1 aromatic carbocycles. The Hall–Kier alpha value is -1.64. The molecule has 0 atom stereocenters. The molecule has 1 heterocycles. The van der Waals surface area contributed by atoms with E-state index < -0.39 is 0 Å². The van der Waals surface area contributed by atoms with Crippen molar-refractivity contribution < 1.29 is 8.91 Å². The Morgan fingerprint density at radius 1 is 1.29 bits per heavy atom. The summed E-state index contributed by atoms with van der Waals surface area (Å²) in [5.41, 5.74) is 3.09. The van der Waals surface area contributed by atoms with E-state index in [1.807, 2.05) is 25.8 Å². The van der Waals surface area contributed by atoms with Gasteiger partial charge in [-0.25, -0.2) is 4.39 Å². The normalized spacial score (nSPS) is 11.1. The lowest BCUT2D eigenvalue weighted by Crippen LogP contribution is -2.39. The predicted octanol–water partition coefficient (Wildman–Crippen LogP) is 3.30. The topological polar surface area (TPSA) is 53.7 Å². The Bertz CT molecular complexity index is 650. The second kappa shape index (κ2) is 9.61. The van der Waals surface area contributed by atoms with Gasteiger partial charge in [0.1, 0.15) is 11.6 Å². The first-order chi connectivity index (χ1) is 11.0. The zero-order chi connectivity index (χ0) is 16.8. The minimum Gasteiger partial charge on any atom is -0.361 e. The third-order valence-electron chi connectivity index (χ3n) is 3.75. The van der Waals surface area contributed by atoms with Crippen LogP contribution in [-0.2, 0) is 13.0 Å². The monoisotopic (exact) mass is 446 g/mol. The van der Waals surface area contributed by atoms with Gasteiger partial charge >= 0.3 is 0 Å². The summed E-state index contributed by atoms with van der Waals surface area (Å²) >= 11 is 0. The molecule has 1 aromatic heterocycles. The molecule has 0 spiro atoms. The Morgan fingerprint density at radius 2 is 1.96 bits per heavy atom. The first kappa shape index (κ1) is 20.4. The van der Waals surface area contributed by atoms with E-state index in [0.29, 0.717) is 6.54 Å². The van der Waals surface area contributed by atoms with Crippen LogP contribution in [-0.4, -0.2) is 36.7 Å². The third kappa shape index (κ3) is 5.47. The van der Waals surface area contributed by atoms with Crippen LogP contribution in [0, 0.1) is 19.7 Å². The molecule has 0 saturated heterocycles. The van der Waals surface area contributed by atoms with Crippen molar-refractivity contribution in [3.05, 3.63) is 52.7 Å². The average Bonchev–Trinajstić information content (AvgIpc) is 2.85. The zero-order valence-corrected chi connectivity index (χ0v) is 16.8. The SMILES string of the molecule is CN=C(NCCc1c(C)noc1C)N(C)Cc1ccc(F)cc1.I. The molecule has 0 bridgehead atoms. The Balaban J connectivity index is 0.00000288. The van der Waals surface area contributed by atoms with E-state index in [1.54, 1.807) is 19.2 Å². The van der Waals surface area contributed by atoms with Crippen LogP contribution in [0.1, 0.15) is 22.6 Å². The molecule has 0 aliphatic rings. The lowest BCUT2D eigenvalue weighted by Gasteiger charge is -2.22. The molecule has 7 heteroatoms. The Labute approximate surface area is 159 Å². The lowest BCUT2D eigenvalue weighted by molar-refractivity contribution is 0.392. The second-order valence-corrected chi connectivity index (χ2v) is 5.51. The molecule has 0 fully saturated rings. The van der Waals surface area contributed by atoms with Crippen LogP contribution in [0.15, 0.2) is 33.8 Å². The summed E-state index contributed by atoms with van der Waals surface area (Å²) in [5, 5.41) is 7.28. The van der Waals surface area contributed by atoms with Crippen molar-refractivity contribution in [3.8, 4) is 0 Å². The number of hydrogen-bond acceptors (Lipinski definition) is 3. The van der Waals surface area contributed by atoms with Crippen LogP contribution in [0.2, 0.25) is 0 Å². The van der Waals surface area contributed by atoms with Gasteiger partial charge in [-0.3, -0.25) is 4.99 Å². The number of aliphatic imine (C=N–C) groups is 1. The number of hydrogen-bond donors (Lipinski definition) is 1. The van der Waals surface area contributed by atoms with Crippen LogP contribution in [0.25, 0.3) is 0 Å². The van der Waals surface area contributed by atoms with Gasteiger partial charge in [0.25, 0.3) is 0 Å². The van der Waals surface area contributed by atoms with E-state index in [0.717, 1.165) is 41.5 Å². The van der Waals surface area contributed by atoms with Gasteiger partial charge in [0, 0.05) is 32.7 Å². The third-order valence-corrected chi connectivity index (χ3v) is 3.75. The number of nitrogens with one attached hydrogen (secondary N) is 1. The molecule has 0 unspecified atom stereocenters. The van der Waals surface area contributed by atoms with E-state index in [4.69, 9.17) is 4.52 Å². The van der Waals surface area contributed by atoms with E-state index in [2.05, 4.69) is 15.5 Å². The van der Waals surface area contributed by atoms with Crippen LogP contribution in [0.5, 0.6) is 0 Å². The second-order valence-electron chi connectivity index (χ2n) is 5.51. The summed E-state index contributed by atoms with van der Waals surface area (Å²) in [4.78, 5) is 6.28. The summed E-state index contributed by atoms with van der Waals surface area (Å²) in [7, 11) is 3.70. The number of benzene rings is 1. The van der Waals surface area contributed by atoms with E-state index >= 15 is 0 Å². The molecular weight excluding hydrogens is 422 g/mol. The van der Waals surface area contributed by atoms with Gasteiger partial charge < -0.3 is 14.7 Å².